The Morgan fingerprint density at radius 1 is 1.33 bits per heavy atom. The fourth-order valence-electron chi connectivity index (χ4n) is 2.76. The number of rotatable bonds is 3. The number of nitrogens with zero attached hydrogens (tertiary/aromatic N) is 2. The quantitative estimate of drug-likeness (QED) is 0.925. The Labute approximate surface area is 142 Å². The second kappa shape index (κ2) is 5.98. The van der Waals surface area contributed by atoms with E-state index in [-0.39, 0.29) is 18.3 Å². The van der Waals surface area contributed by atoms with Crippen LogP contribution in [0.25, 0.3) is 10.6 Å². The fourth-order valence-corrected chi connectivity index (χ4v) is 3.80. The molecule has 1 aromatic heterocycles. The van der Waals surface area contributed by atoms with Gasteiger partial charge in [0, 0.05) is 18.7 Å². The summed E-state index contributed by atoms with van der Waals surface area (Å²) in [5, 5.41) is 9.94. The largest absolute Gasteiger partial charge is 0.481 e. The van der Waals surface area contributed by atoms with Gasteiger partial charge in [0.1, 0.15) is 15.7 Å². The number of carboxylic acid groups (broad SMARTS) is 1. The Hall–Kier alpha value is -2.28. The molecule has 1 unspecified atom stereocenters. The van der Waals surface area contributed by atoms with Crippen LogP contribution in [-0.4, -0.2) is 40.0 Å². The molecular formula is C17H17FN2O3S. The van der Waals surface area contributed by atoms with Crippen LogP contribution in [0.2, 0.25) is 0 Å². The Kier molecular flexibility index (Phi) is 4.13. The zero-order valence-electron chi connectivity index (χ0n) is 13.4. The Morgan fingerprint density at radius 3 is 2.58 bits per heavy atom. The van der Waals surface area contributed by atoms with Crippen molar-refractivity contribution in [2.24, 2.45) is 5.41 Å². The monoisotopic (exact) mass is 348 g/mol. The van der Waals surface area contributed by atoms with Crippen molar-refractivity contribution in [2.75, 3.05) is 13.1 Å². The van der Waals surface area contributed by atoms with Gasteiger partial charge in [-0.3, -0.25) is 9.59 Å². The van der Waals surface area contributed by atoms with Gasteiger partial charge in [-0.1, -0.05) is 0 Å². The minimum absolute atomic E-state index is 0.191. The first-order valence-corrected chi connectivity index (χ1v) is 8.38. The standard InChI is InChI=1S/C17H17FN2O3S/c1-10-13(15(21)20-8-7-17(2,9-20)16(22)23)24-14(19-10)11-3-5-12(18)6-4-11/h3-6H,7-9H2,1-2H3,(H,22,23). The van der Waals surface area contributed by atoms with Gasteiger partial charge in [0.25, 0.3) is 5.91 Å². The molecular weight excluding hydrogens is 331 g/mol. The number of hydrogen-bond acceptors (Lipinski definition) is 4. The molecule has 3 rings (SSSR count). The SMILES string of the molecule is Cc1nc(-c2ccc(F)cc2)sc1C(=O)N1CCC(C)(C(=O)O)C1. The number of aromatic nitrogens is 1. The summed E-state index contributed by atoms with van der Waals surface area (Å²) in [7, 11) is 0. The second-order valence-corrected chi connectivity index (χ2v) is 7.28. The molecule has 1 amide bonds. The molecule has 1 fully saturated rings. The lowest BCUT2D eigenvalue weighted by Crippen LogP contribution is -2.34. The van der Waals surface area contributed by atoms with Crippen molar-refractivity contribution in [1.82, 2.24) is 9.88 Å². The number of likely N-dealkylation sites (tertiary alicyclic amines) is 1. The van der Waals surface area contributed by atoms with Crippen LogP contribution in [0.1, 0.15) is 28.7 Å². The van der Waals surface area contributed by atoms with E-state index in [9.17, 15) is 19.1 Å². The summed E-state index contributed by atoms with van der Waals surface area (Å²) in [4.78, 5) is 30.5. The van der Waals surface area contributed by atoms with Crippen LogP contribution in [-0.2, 0) is 4.79 Å². The summed E-state index contributed by atoms with van der Waals surface area (Å²) in [6, 6.07) is 5.96. The molecule has 1 saturated heterocycles. The first-order chi connectivity index (χ1) is 11.3. The molecule has 126 valence electrons. The molecule has 7 heteroatoms. The van der Waals surface area contributed by atoms with Crippen molar-refractivity contribution >= 4 is 23.2 Å². The summed E-state index contributed by atoms with van der Waals surface area (Å²) in [5.41, 5.74) is 0.460. The number of aryl methyl sites for hydroxylation is 1. The molecule has 0 bridgehead atoms. The minimum Gasteiger partial charge on any atom is -0.481 e. The number of hydrogen-bond donors (Lipinski definition) is 1. The highest BCUT2D eigenvalue weighted by molar-refractivity contribution is 7.17. The van der Waals surface area contributed by atoms with Crippen molar-refractivity contribution < 1.29 is 19.1 Å². The average molecular weight is 348 g/mol. The van der Waals surface area contributed by atoms with Gasteiger partial charge in [-0.05, 0) is 44.5 Å². The van der Waals surface area contributed by atoms with Crippen LogP contribution >= 0.6 is 11.3 Å². The number of carboxylic acids is 1. The molecule has 0 radical (unpaired) electrons. The van der Waals surface area contributed by atoms with Crippen LogP contribution in [0.5, 0.6) is 0 Å². The van der Waals surface area contributed by atoms with E-state index in [1.165, 1.54) is 23.5 Å². The average Bonchev–Trinajstić information content (AvgIpc) is 3.12. The third-order valence-electron chi connectivity index (χ3n) is 4.36. The summed E-state index contributed by atoms with van der Waals surface area (Å²) >= 11 is 1.25. The van der Waals surface area contributed by atoms with Crippen molar-refractivity contribution in [2.45, 2.75) is 20.3 Å². The molecule has 0 saturated carbocycles. The van der Waals surface area contributed by atoms with Crippen molar-refractivity contribution in [1.29, 1.82) is 0 Å². The highest BCUT2D eigenvalue weighted by Crippen LogP contribution is 2.34. The lowest BCUT2D eigenvalue weighted by Gasteiger charge is -2.19. The van der Waals surface area contributed by atoms with Crippen molar-refractivity contribution in [3.63, 3.8) is 0 Å². The van der Waals surface area contributed by atoms with E-state index in [4.69, 9.17) is 0 Å². The predicted octanol–water partition coefficient (Wildman–Crippen LogP) is 3.19. The predicted molar refractivity (Wildman–Crippen MR) is 88.5 cm³/mol. The maximum Gasteiger partial charge on any atom is 0.311 e. The molecule has 0 aliphatic carbocycles. The highest BCUT2D eigenvalue weighted by atomic mass is 32.1. The zero-order chi connectivity index (χ0) is 17.5. The van der Waals surface area contributed by atoms with Gasteiger partial charge in [0.2, 0.25) is 0 Å². The van der Waals surface area contributed by atoms with Gasteiger partial charge in [-0.15, -0.1) is 11.3 Å². The van der Waals surface area contributed by atoms with E-state index >= 15 is 0 Å². The zero-order valence-corrected chi connectivity index (χ0v) is 14.2. The number of amides is 1. The molecule has 5 nitrogen and oxygen atoms in total. The summed E-state index contributed by atoms with van der Waals surface area (Å²) < 4.78 is 13.0. The molecule has 2 aromatic rings. The van der Waals surface area contributed by atoms with Gasteiger partial charge < -0.3 is 10.0 Å². The number of halogens is 1. The molecule has 1 aromatic carbocycles. The Balaban J connectivity index is 1.84. The molecule has 1 atom stereocenters. The van der Waals surface area contributed by atoms with E-state index in [1.54, 1.807) is 30.9 Å². The lowest BCUT2D eigenvalue weighted by molar-refractivity contribution is -0.147. The molecule has 1 N–H and O–H groups in total. The first kappa shape index (κ1) is 16.6. The number of thiazole rings is 1. The van der Waals surface area contributed by atoms with Crippen LogP contribution in [0.3, 0.4) is 0 Å². The highest BCUT2D eigenvalue weighted by Gasteiger charge is 2.42. The second-order valence-electron chi connectivity index (χ2n) is 6.28. The number of carbonyl (C=O) groups excluding carboxylic acids is 1. The normalized spacial score (nSPS) is 20.4. The topological polar surface area (TPSA) is 70.5 Å². The van der Waals surface area contributed by atoms with E-state index in [1.807, 2.05) is 0 Å². The number of carbonyl (C=O) groups is 2. The van der Waals surface area contributed by atoms with Gasteiger partial charge in [0.05, 0.1) is 11.1 Å². The van der Waals surface area contributed by atoms with Crippen LogP contribution in [0.15, 0.2) is 24.3 Å². The van der Waals surface area contributed by atoms with E-state index < -0.39 is 11.4 Å². The van der Waals surface area contributed by atoms with E-state index in [0.29, 0.717) is 28.5 Å². The van der Waals surface area contributed by atoms with Crippen LogP contribution < -0.4 is 0 Å². The van der Waals surface area contributed by atoms with Gasteiger partial charge in [-0.25, -0.2) is 9.37 Å². The van der Waals surface area contributed by atoms with E-state index in [2.05, 4.69) is 4.98 Å². The molecule has 24 heavy (non-hydrogen) atoms. The molecule has 0 spiro atoms. The maximum absolute atomic E-state index is 13.0. The minimum atomic E-state index is -0.895. The van der Waals surface area contributed by atoms with Gasteiger partial charge >= 0.3 is 5.97 Å². The van der Waals surface area contributed by atoms with Gasteiger partial charge in [-0.2, -0.15) is 0 Å². The summed E-state index contributed by atoms with van der Waals surface area (Å²) in [6.45, 7) is 4.03. The maximum atomic E-state index is 13.0. The first-order valence-electron chi connectivity index (χ1n) is 7.56. The number of benzene rings is 1. The van der Waals surface area contributed by atoms with Crippen LogP contribution in [0, 0.1) is 18.2 Å². The Morgan fingerprint density at radius 2 is 2.00 bits per heavy atom. The fraction of sp³-hybridized carbons (Fsp3) is 0.353. The summed E-state index contributed by atoms with van der Waals surface area (Å²) in [5.74, 6) is -1.40. The van der Waals surface area contributed by atoms with Crippen molar-refractivity contribution in [3.05, 3.63) is 40.7 Å². The molecule has 2 heterocycles. The third-order valence-corrected chi connectivity index (χ3v) is 5.55. The lowest BCUT2D eigenvalue weighted by atomic mass is 9.90. The molecule has 1 aliphatic heterocycles. The van der Waals surface area contributed by atoms with E-state index in [0.717, 1.165) is 5.56 Å². The van der Waals surface area contributed by atoms with Crippen LogP contribution in [0.4, 0.5) is 4.39 Å². The number of aliphatic carboxylic acids is 1. The van der Waals surface area contributed by atoms with Gasteiger partial charge in [0.15, 0.2) is 0 Å². The molecule has 1 aliphatic rings. The summed E-state index contributed by atoms with van der Waals surface area (Å²) in [6.07, 6.45) is 0.441. The third kappa shape index (κ3) is 2.91. The van der Waals surface area contributed by atoms with Crippen molar-refractivity contribution in [3.8, 4) is 10.6 Å². The Bertz CT molecular complexity index is 803. The smallest absolute Gasteiger partial charge is 0.311 e.